The van der Waals surface area contributed by atoms with Crippen molar-refractivity contribution in [3.63, 3.8) is 0 Å². The van der Waals surface area contributed by atoms with Crippen LogP contribution in [0, 0.1) is 6.92 Å². The summed E-state index contributed by atoms with van der Waals surface area (Å²) in [5.74, 6) is -0.975. The molecular weight excluding hydrogens is 390 g/mol. The van der Waals surface area contributed by atoms with Gasteiger partial charge in [0.2, 0.25) is 0 Å². The van der Waals surface area contributed by atoms with Crippen molar-refractivity contribution in [2.75, 3.05) is 26.3 Å². The van der Waals surface area contributed by atoms with E-state index in [0.717, 1.165) is 29.7 Å². The molecule has 1 aromatic rings. The zero-order chi connectivity index (χ0) is 21.6. The Bertz CT molecular complexity index is 819. The maximum absolute atomic E-state index is 12.6. The molecule has 4 amide bonds. The lowest BCUT2D eigenvalue weighted by atomic mass is 9.82. The molecule has 0 bridgehead atoms. The summed E-state index contributed by atoms with van der Waals surface area (Å²) in [6.07, 6.45) is 3.90. The van der Waals surface area contributed by atoms with Crippen LogP contribution in [0.25, 0.3) is 0 Å². The van der Waals surface area contributed by atoms with E-state index in [1.807, 2.05) is 31.2 Å². The van der Waals surface area contributed by atoms with Crippen LogP contribution in [0.4, 0.5) is 4.79 Å². The van der Waals surface area contributed by atoms with Crippen LogP contribution in [0.2, 0.25) is 0 Å². The average Bonchev–Trinajstić information content (AvgIpc) is 2.94. The molecule has 30 heavy (non-hydrogen) atoms. The van der Waals surface area contributed by atoms with Gasteiger partial charge in [0.25, 0.3) is 11.8 Å². The van der Waals surface area contributed by atoms with Crippen molar-refractivity contribution in [2.24, 2.45) is 0 Å². The van der Waals surface area contributed by atoms with Crippen molar-refractivity contribution in [3.8, 4) is 5.75 Å². The second kappa shape index (κ2) is 9.60. The average molecular weight is 417 g/mol. The topological polar surface area (TPSA) is 114 Å². The van der Waals surface area contributed by atoms with Crippen LogP contribution in [-0.2, 0) is 19.1 Å². The fourth-order valence-corrected chi connectivity index (χ4v) is 3.75. The summed E-state index contributed by atoms with van der Waals surface area (Å²) in [5.41, 5.74) is 0.188. The molecule has 2 fully saturated rings. The first-order valence-electron chi connectivity index (χ1n) is 10.2. The summed E-state index contributed by atoms with van der Waals surface area (Å²) >= 11 is 0. The number of rotatable bonds is 8. The summed E-state index contributed by atoms with van der Waals surface area (Å²) in [6, 6.07) is 6.96. The quantitative estimate of drug-likeness (QED) is 0.374. The van der Waals surface area contributed by atoms with Gasteiger partial charge in [-0.05, 0) is 37.5 Å². The minimum atomic E-state index is -0.885. The first-order chi connectivity index (χ1) is 14.4. The lowest BCUT2D eigenvalue weighted by Gasteiger charge is -2.30. The summed E-state index contributed by atoms with van der Waals surface area (Å²) in [5, 5.41) is 5.31. The Morgan fingerprint density at radius 3 is 2.70 bits per heavy atom. The van der Waals surface area contributed by atoms with Crippen molar-refractivity contribution in [3.05, 3.63) is 29.8 Å². The number of nitrogens with one attached hydrogen (secondary N) is 2. The Morgan fingerprint density at radius 1 is 1.20 bits per heavy atom. The Kier molecular flexibility index (Phi) is 6.91. The number of amides is 4. The van der Waals surface area contributed by atoms with Gasteiger partial charge < -0.3 is 20.1 Å². The van der Waals surface area contributed by atoms with Gasteiger partial charge in [-0.1, -0.05) is 31.4 Å². The molecule has 2 N–H and O–H groups in total. The fourth-order valence-electron chi connectivity index (χ4n) is 3.75. The molecule has 1 aliphatic carbocycles. The molecular formula is C21H27N3O6. The van der Waals surface area contributed by atoms with Crippen LogP contribution in [-0.4, -0.2) is 60.6 Å². The molecule has 0 radical (unpaired) electrons. The lowest BCUT2D eigenvalue weighted by Crippen LogP contribution is -2.48. The normalized spacial score (nSPS) is 17.6. The Balaban J connectivity index is 1.35. The van der Waals surface area contributed by atoms with Gasteiger partial charge >= 0.3 is 12.0 Å². The summed E-state index contributed by atoms with van der Waals surface area (Å²) in [4.78, 5) is 49.5. The summed E-state index contributed by atoms with van der Waals surface area (Å²) in [6.45, 7) is 1.49. The standard InChI is InChI=1S/C21H27N3O6/c1-15-6-5-7-16(12-15)29-11-10-22-17(25)14-30-18(26)13-24-19(27)21(23-20(24)28)8-3-2-4-9-21/h5-7,12H,2-4,8-11,13-14H2,1H3,(H,22,25)(H,23,28). The number of carbonyl (C=O) groups is 4. The highest BCUT2D eigenvalue weighted by Gasteiger charge is 2.51. The lowest BCUT2D eigenvalue weighted by molar-refractivity contribution is -0.151. The van der Waals surface area contributed by atoms with E-state index in [4.69, 9.17) is 9.47 Å². The van der Waals surface area contributed by atoms with Crippen LogP contribution in [0.5, 0.6) is 5.75 Å². The zero-order valence-electron chi connectivity index (χ0n) is 17.1. The molecule has 2 aliphatic rings. The second-order valence-corrected chi connectivity index (χ2v) is 7.64. The van der Waals surface area contributed by atoms with Crippen molar-refractivity contribution in [1.82, 2.24) is 15.5 Å². The van der Waals surface area contributed by atoms with E-state index >= 15 is 0 Å². The molecule has 1 saturated carbocycles. The van der Waals surface area contributed by atoms with Crippen molar-refractivity contribution < 1.29 is 28.7 Å². The molecule has 1 heterocycles. The van der Waals surface area contributed by atoms with Crippen LogP contribution >= 0.6 is 0 Å². The molecule has 9 heteroatoms. The zero-order valence-corrected chi connectivity index (χ0v) is 17.1. The minimum Gasteiger partial charge on any atom is -0.492 e. The number of nitrogens with zero attached hydrogens (tertiary/aromatic N) is 1. The third kappa shape index (κ3) is 5.28. The summed E-state index contributed by atoms with van der Waals surface area (Å²) in [7, 11) is 0. The van der Waals surface area contributed by atoms with Gasteiger partial charge in [0.05, 0.1) is 6.54 Å². The Hall–Kier alpha value is -3.10. The largest absolute Gasteiger partial charge is 0.492 e. The predicted molar refractivity (Wildman–Crippen MR) is 107 cm³/mol. The molecule has 0 atom stereocenters. The van der Waals surface area contributed by atoms with Crippen LogP contribution in [0.15, 0.2) is 24.3 Å². The van der Waals surface area contributed by atoms with Gasteiger partial charge in [-0.2, -0.15) is 0 Å². The number of carbonyl (C=O) groups excluding carboxylic acids is 4. The van der Waals surface area contributed by atoms with Gasteiger partial charge in [0.1, 0.15) is 24.4 Å². The van der Waals surface area contributed by atoms with E-state index in [-0.39, 0.29) is 19.1 Å². The highest BCUT2D eigenvalue weighted by molar-refractivity contribution is 6.08. The van der Waals surface area contributed by atoms with Gasteiger partial charge in [0.15, 0.2) is 6.61 Å². The first-order valence-corrected chi connectivity index (χ1v) is 10.2. The fraction of sp³-hybridized carbons (Fsp3) is 0.524. The second-order valence-electron chi connectivity index (χ2n) is 7.64. The SMILES string of the molecule is Cc1cccc(OCCNC(=O)COC(=O)CN2C(=O)NC3(CCCCC3)C2=O)c1. The molecule has 1 saturated heterocycles. The Labute approximate surface area is 175 Å². The minimum absolute atomic E-state index is 0.250. The molecule has 3 rings (SSSR count). The van der Waals surface area contributed by atoms with Crippen LogP contribution in [0.3, 0.4) is 0 Å². The number of urea groups is 1. The number of benzene rings is 1. The van der Waals surface area contributed by atoms with E-state index in [1.165, 1.54) is 0 Å². The number of hydrogen-bond donors (Lipinski definition) is 2. The molecule has 0 aromatic heterocycles. The van der Waals surface area contributed by atoms with Crippen LogP contribution < -0.4 is 15.4 Å². The monoisotopic (exact) mass is 417 g/mol. The molecule has 1 spiro atoms. The molecule has 162 valence electrons. The predicted octanol–water partition coefficient (Wildman–Crippen LogP) is 1.29. The number of ether oxygens (including phenoxy) is 2. The molecule has 0 unspecified atom stereocenters. The van der Waals surface area contributed by atoms with Gasteiger partial charge in [0, 0.05) is 0 Å². The third-order valence-electron chi connectivity index (χ3n) is 5.29. The van der Waals surface area contributed by atoms with E-state index < -0.39 is 36.6 Å². The molecule has 1 aliphatic heterocycles. The van der Waals surface area contributed by atoms with Gasteiger partial charge in [-0.15, -0.1) is 0 Å². The van der Waals surface area contributed by atoms with Gasteiger partial charge in [-0.25, -0.2) is 4.79 Å². The first kappa shape index (κ1) is 21.6. The maximum atomic E-state index is 12.6. The highest BCUT2D eigenvalue weighted by atomic mass is 16.5. The van der Waals surface area contributed by atoms with Crippen molar-refractivity contribution in [1.29, 1.82) is 0 Å². The third-order valence-corrected chi connectivity index (χ3v) is 5.29. The van der Waals surface area contributed by atoms with E-state index in [1.54, 1.807) is 0 Å². The molecule has 9 nitrogen and oxygen atoms in total. The summed E-state index contributed by atoms with van der Waals surface area (Å²) < 4.78 is 10.4. The molecule has 1 aromatic carbocycles. The maximum Gasteiger partial charge on any atom is 0.326 e. The number of aryl methyl sites for hydroxylation is 1. The smallest absolute Gasteiger partial charge is 0.326 e. The van der Waals surface area contributed by atoms with E-state index in [9.17, 15) is 19.2 Å². The van der Waals surface area contributed by atoms with E-state index in [2.05, 4.69) is 10.6 Å². The van der Waals surface area contributed by atoms with Crippen molar-refractivity contribution in [2.45, 2.75) is 44.6 Å². The van der Waals surface area contributed by atoms with Crippen molar-refractivity contribution >= 4 is 23.8 Å². The highest BCUT2D eigenvalue weighted by Crippen LogP contribution is 2.33. The number of imide groups is 1. The Morgan fingerprint density at radius 2 is 1.97 bits per heavy atom. The van der Waals surface area contributed by atoms with E-state index in [0.29, 0.717) is 18.6 Å². The number of hydrogen-bond acceptors (Lipinski definition) is 6. The van der Waals surface area contributed by atoms with Gasteiger partial charge in [-0.3, -0.25) is 19.3 Å². The number of esters is 1. The van der Waals surface area contributed by atoms with Crippen LogP contribution in [0.1, 0.15) is 37.7 Å².